The van der Waals surface area contributed by atoms with Gasteiger partial charge in [0.1, 0.15) is 0 Å². The molecule has 0 aromatic heterocycles. The number of carbonyl (C=O) groups excluding carboxylic acids is 1. The monoisotopic (exact) mass is 395 g/mol. The Morgan fingerprint density at radius 1 is 1.29 bits per heavy atom. The number of hydrogen-bond acceptors (Lipinski definition) is 3. The van der Waals surface area contributed by atoms with Crippen LogP contribution in [0.4, 0.5) is 0 Å². The topological polar surface area (TPSA) is 47.6 Å². The molecule has 1 N–H and O–H groups in total. The molecule has 0 aliphatic carbocycles. The van der Waals surface area contributed by atoms with Crippen molar-refractivity contribution < 1.29 is 14.3 Å². The number of nitrogens with one attached hydrogen (secondary N) is 1. The number of benzene rings is 1. The zero-order valence-electron chi connectivity index (χ0n) is 14.1. The maximum atomic E-state index is 12.3. The van der Waals surface area contributed by atoms with Crippen LogP contribution in [0.2, 0.25) is 0 Å². The summed E-state index contributed by atoms with van der Waals surface area (Å²) in [4.78, 5) is 12.3. The van der Waals surface area contributed by atoms with E-state index in [9.17, 15) is 4.79 Å². The maximum absolute atomic E-state index is 12.3. The van der Waals surface area contributed by atoms with Gasteiger partial charge in [0.25, 0.3) is 0 Å². The average molecular weight is 396 g/mol. The van der Waals surface area contributed by atoms with Crippen LogP contribution in [-0.2, 0) is 19.7 Å². The lowest BCUT2D eigenvalue weighted by atomic mass is 9.74. The Labute approximate surface area is 152 Å². The Bertz CT molecular complexity index is 551. The van der Waals surface area contributed by atoms with Crippen LogP contribution in [0.15, 0.2) is 28.7 Å². The Hall–Kier alpha value is -0.910. The quantitative estimate of drug-likeness (QED) is 0.800. The van der Waals surface area contributed by atoms with Crippen molar-refractivity contribution in [3.8, 4) is 0 Å². The molecule has 5 heteroatoms. The minimum atomic E-state index is -0.0262. The largest absolute Gasteiger partial charge is 0.381 e. The third-order valence-electron chi connectivity index (χ3n) is 5.23. The molecule has 2 heterocycles. The number of ether oxygens (including phenoxy) is 2. The van der Waals surface area contributed by atoms with Crippen LogP contribution in [0, 0.1) is 0 Å². The average Bonchev–Trinajstić information content (AvgIpc) is 3.12. The highest BCUT2D eigenvalue weighted by Gasteiger charge is 2.35. The molecule has 0 spiro atoms. The second-order valence-corrected chi connectivity index (χ2v) is 7.77. The SMILES string of the molecule is O=C(CCC1CCCO1)NCC1(c2cccc(Br)c2)CCOCC1. The van der Waals surface area contributed by atoms with Crippen molar-refractivity contribution in [1.29, 1.82) is 0 Å². The fourth-order valence-corrected chi connectivity index (χ4v) is 4.07. The van der Waals surface area contributed by atoms with Crippen LogP contribution in [0.5, 0.6) is 0 Å². The molecule has 0 radical (unpaired) electrons. The summed E-state index contributed by atoms with van der Waals surface area (Å²) < 4.78 is 12.2. The molecule has 1 unspecified atom stereocenters. The van der Waals surface area contributed by atoms with E-state index in [1.807, 2.05) is 6.07 Å². The Morgan fingerprint density at radius 2 is 2.12 bits per heavy atom. The van der Waals surface area contributed by atoms with Gasteiger partial charge in [0, 0.05) is 42.7 Å². The van der Waals surface area contributed by atoms with E-state index in [0.717, 1.165) is 56.4 Å². The highest BCUT2D eigenvalue weighted by atomic mass is 79.9. The third kappa shape index (κ3) is 4.58. The van der Waals surface area contributed by atoms with Gasteiger partial charge in [-0.1, -0.05) is 28.1 Å². The summed E-state index contributed by atoms with van der Waals surface area (Å²) in [5.74, 6) is 0.131. The van der Waals surface area contributed by atoms with Gasteiger partial charge in [-0.25, -0.2) is 0 Å². The smallest absolute Gasteiger partial charge is 0.220 e. The van der Waals surface area contributed by atoms with Gasteiger partial charge >= 0.3 is 0 Å². The van der Waals surface area contributed by atoms with Crippen molar-refractivity contribution in [2.24, 2.45) is 0 Å². The van der Waals surface area contributed by atoms with Crippen molar-refractivity contribution in [1.82, 2.24) is 5.32 Å². The minimum Gasteiger partial charge on any atom is -0.381 e. The Kier molecular flexibility index (Phi) is 6.31. The predicted molar refractivity (Wildman–Crippen MR) is 97.1 cm³/mol. The number of carbonyl (C=O) groups is 1. The van der Waals surface area contributed by atoms with Crippen LogP contribution in [-0.4, -0.2) is 38.4 Å². The van der Waals surface area contributed by atoms with Crippen LogP contribution >= 0.6 is 15.9 Å². The molecule has 0 saturated carbocycles. The Morgan fingerprint density at radius 3 is 2.83 bits per heavy atom. The van der Waals surface area contributed by atoms with Gasteiger partial charge in [-0.05, 0) is 49.8 Å². The summed E-state index contributed by atoms with van der Waals surface area (Å²) in [6.45, 7) is 3.02. The lowest BCUT2D eigenvalue weighted by Crippen LogP contribution is -2.44. The van der Waals surface area contributed by atoms with Crippen LogP contribution in [0.25, 0.3) is 0 Å². The van der Waals surface area contributed by atoms with Gasteiger partial charge in [0.05, 0.1) is 6.10 Å². The first-order valence-electron chi connectivity index (χ1n) is 8.90. The molecular weight excluding hydrogens is 370 g/mol. The molecule has 1 aromatic carbocycles. The second kappa shape index (κ2) is 8.45. The minimum absolute atomic E-state index is 0.0262. The van der Waals surface area contributed by atoms with Crippen molar-refractivity contribution in [3.05, 3.63) is 34.3 Å². The highest BCUT2D eigenvalue weighted by Crippen LogP contribution is 2.35. The molecule has 2 aliphatic rings. The molecule has 2 saturated heterocycles. The zero-order valence-corrected chi connectivity index (χ0v) is 15.6. The molecule has 1 aromatic rings. The number of halogens is 1. The molecule has 1 atom stereocenters. The van der Waals surface area contributed by atoms with Crippen molar-refractivity contribution in [3.63, 3.8) is 0 Å². The van der Waals surface area contributed by atoms with Gasteiger partial charge in [0.2, 0.25) is 5.91 Å². The zero-order chi connectivity index (χ0) is 16.8. The second-order valence-electron chi connectivity index (χ2n) is 6.85. The molecule has 2 fully saturated rings. The van der Waals surface area contributed by atoms with Crippen molar-refractivity contribution in [2.45, 2.75) is 50.0 Å². The summed E-state index contributed by atoms with van der Waals surface area (Å²) in [5, 5.41) is 3.17. The third-order valence-corrected chi connectivity index (χ3v) is 5.72. The van der Waals surface area contributed by atoms with Crippen LogP contribution in [0.1, 0.15) is 44.1 Å². The van der Waals surface area contributed by atoms with E-state index >= 15 is 0 Å². The van der Waals surface area contributed by atoms with E-state index in [0.29, 0.717) is 13.0 Å². The molecule has 24 heavy (non-hydrogen) atoms. The predicted octanol–water partition coefficient (Wildman–Crippen LogP) is 3.57. The first-order chi connectivity index (χ1) is 11.7. The van der Waals surface area contributed by atoms with Gasteiger partial charge in [-0.2, -0.15) is 0 Å². The lowest BCUT2D eigenvalue weighted by molar-refractivity contribution is -0.122. The molecule has 4 nitrogen and oxygen atoms in total. The van der Waals surface area contributed by atoms with Gasteiger partial charge in [-0.15, -0.1) is 0 Å². The fraction of sp³-hybridized carbons (Fsp3) is 0.632. The molecular formula is C19H26BrNO3. The molecule has 0 bridgehead atoms. The van der Waals surface area contributed by atoms with Crippen LogP contribution in [0.3, 0.4) is 0 Å². The van der Waals surface area contributed by atoms with E-state index in [1.54, 1.807) is 0 Å². The number of amides is 1. The van der Waals surface area contributed by atoms with Crippen molar-refractivity contribution >= 4 is 21.8 Å². The fourth-order valence-electron chi connectivity index (χ4n) is 3.67. The summed E-state index contributed by atoms with van der Waals surface area (Å²) in [6, 6.07) is 8.44. The number of rotatable bonds is 6. The summed E-state index contributed by atoms with van der Waals surface area (Å²) >= 11 is 3.56. The maximum Gasteiger partial charge on any atom is 0.220 e. The van der Waals surface area contributed by atoms with Crippen molar-refractivity contribution in [2.75, 3.05) is 26.4 Å². The normalized spacial score (nSPS) is 23.1. The highest BCUT2D eigenvalue weighted by molar-refractivity contribution is 9.10. The van der Waals surface area contributed by atoms with Gasteiger partial charge < -0.3 is 14.8 Å². The molecule has 132 valence electrons. The van der Waals surface area contributed by atoms with E-state index in [1.165, 1.54) is 5.56 Å². The summed E-state index contributed by atoms with van der Waals surface area (Å²) in [7, 11) is 0. The van der Waals surface area contributed by atoms with Crippen LogP contribution < -0.4 is 5.32 Å². The van der Waals surface area contributed by atoms with Gasteiger partial charge in [0.15, 0.2) is 0 Å². The summed E-state index contributed by atoms with van der Waals surface area (Å²) in [5.41, 5.74) is 1.25. The van der Waals surface area contributed by atoms with E-state index in [-0.39, 0.29) is 17.4 Å². The summed E-state index contributed by atoms with van der Waals surface area (Å²) in [6.07, 6.45) is 5.75. The lowest BCUT2D eigenvalue weighted by Gasteiger charge is -2.38. The van der Waals surface area contributed by atoms with E-state index < -0.39 is 0 Å². The molecule has 3 rings (SSSR count). The van der Waals surface area contributed by atoms with E-state index in [4.69, 9.17) is 9.47 Å². The Balaban J connectivity index is 1.59. The molecule has 2 aliphatic heterocycles. The first kappa shape index (κ1) is 17.9. The standard InChI is InChI=1S/C19H26BrNO3/c20-16-4-1-3-15(13-16)19(8-11-23-12-9-19)14-21-18(22)7-6-17-5-2-10-24-17/h1,3-4,13,17H,2,5-12,14H2,(H,21,22). The van der Waals surface area contributed by atoms with Gasteiger partial charge in [-0.3, -0.25) is 4.79 Å². The van der Waals surface area contributed by atoms with E-state index in [2.05, 4.69) is 39.4 Å². The number of hydrogen-bond donors (Lipinski definition) is 1. The molecule has 1 amide bonds. The first-order valence-corrected chi connectivity index (χ1v) is 9.69.